The largest absolute Gasteiger partial charge is 0.508 e. The van der Waals surface area contributed by atoms with Crippen LogP contribution in [0.3, 0.4) is 0 Å². The number of hydrogen-bond donors (Lipinski definition) is 2. The molecule has 118 valence electrons. The highest BCUT2D eigenvalue weighted by atomic mass is 32.1. The third-order valence-electron chi connectivity index (χ3n) is 3.50. The van der Waals surface area contributed by atoms with Crippen LogP contribution in [0.4, 0.5) is 5.69 Å². The summed E-state index contributed by atoms with van der Waals surface area (Å²) in [6.45, 7) is 0. The summed E-state index contributed by atoms with van der Waals surface area (Å²) in [6.07, 6.45) is 0. The van der Waals surface area contributed by atoms with Crippen molar-refractivity contribution in [3.63, 3.8) is 0 Å². The van der Waals surface area contributed by atoms with Gasteiger partial charge in [0, 0.05) is 16.8 Å². The topological polar surface area (TPSA) is 106 Å². The van der Waals surface area contributed by atoms with Crippen LogP contribution in [0.25, 0.3) is 26.8 Å². The molecule has 3 N–H and O–H groups in total. The Hall–Kier alpha value is -3.26. The number of nitrogens with two attached hydrogens (primary N) is 1. The average molecular weight is 337 g/mol. The van der Waals surface area contributed by atoms with Crippen LogP contribution in [0.2, 0.25) is 0 Å². The molecule has 0 saturated carbocycles. The fourth-order valence-electron chi connectivity index (χ4n) is 2.35. The van der Waals surface area contributed by atoms with Gasteiger partial charge in [-0.2, -0.15) is 9.61 Å². The highest BCUT2D eigenvalue weighted by Gasteiger charge is 2.15. The minimum absolute atomic E-state index is 0.128. The van der Waals surface area contributed by atoms with Crippen molar-refractivity contribution in [3.8, 4) is 27.6 Å². The number of fused-ring (bicyclic) bond motifs is 1. The maximum Gasteiger partial charge on any atom is 0.302 e. The van der Waals surface area contributed by atoms with Crippen LogP contribution in [0.5, 0.6) is 5.75 Å². The molecule has 0 atom stereocenters. The van der Waals surface area contributed by atoms with Gasteiger partial charge in [-0.25, -0.2) is 0 Å². The van der Waals surface area contributed by atoms with Gasteiger partial charge < -0.3 is 10.8 Å². The molecule has 0 radical (unpaired) electrons. The number of nitrogen functional groups attached to an aromatic ring is 1. The van der Waals surface area contributed by atoms with E-state index in [-0.39, 0.29) is 17.0 Å². The molecule has 8 heteroatoms. The van der Waals surface area contributed by atoms with E-state index in [0.717, 1.165) is 0 Å². The first kappa shape index (κ1) is 14.3. The molecule has 4 rings (SSSR count). The van der Waals surface area contributed by atoms with E-state index in [1.807, 2.05) is 0 Å². The molecule has 0 saturated heterocycles. The van der Waals surface area contributed by atoms with Crippen LogP contribution in [-0.2, 0) is 0 Å². The highest BCUT2D eigenvalue weighted by molar-refractivity contribution is 7.19. The van der Waals surface area contributed by atoms with Crippen LogP contribution in [0.1, 0.15) is 0 Å². The molecule has 2 heterocycles. The Morgan fingerprint density at radius 1 is 1.08 bits per heavy atom. The summed E-state index contributed by atoms with van der Waals surface area (Å²) in [5.41, 5.74) is 7.36. The van der Waals surface area contributed by atoms with Crippen molar-refractivity contribution in [1.29, 1.82) is 0 Å². The molecule has 4 aromatic rings. The number of hydrogen-bond acceptors (Lipinski definition) is 7. The first-order valence-corrected chi connectivity index (χ1v) is 7.86. The standard InChI is InChI=1S/C16H11N5O2S/c17-12-7-2-1-6-11(12)13-15(23)21-16(19-18-13)24-14(20-21)9-4-3-5-10(22)8-9/h1-8,22H,17H2. The molecular weight excluding hydrogens is 326 g/mol. The van der Waals surface area contributed by atoms with Gasteiger partial charge in [0.25, 0.3) is 0 Å². The fraction of sp³-hybridized carbons (Fsp3) is 0. The molecule has 24 heavy (non-hydrogen) atoms. The van der Waals surface area contributed by atoms with Gasteiger partial charge in [0.05, 0.1) is 0 Å². The summed E-state index contributed by atoms with van der Waals surface area (Å²) in [7, 11) is 0. The van der Waals surface area contributed by atoms with Gasteiger partial charge in [0.15, 0.2) is 5.69 Å². The van der Waals surface area contributed by atoms with Crippen molar-refractivity contribution in [3.05, 3.63) is 58.9 Å². The van der Waals surface area contributed by atoms with Crippen LogP contribution in [-0.4, -0.2) is 24.9 Å². The highest BCUT2D eigenvalue weighted by Crippen LogP contribution is 2.27. The van der Waals surface area contributed by atoms with Crippen molar-refractivity contribution in [2.75, 3.05) is 5.73 Å². The zero-order valence-corrected chi connectivity index (χ0v) is 13.1. The lowest BCUT2D eigenvalue weighted by Crippen LogP contribution is -2.19. The molecular formula is C16H11N5O2S. The first-order chi connectivity index (χ1) is 11.6. The van der Waals surface area contributed by atoms with Crippen LogP contribution in [0.15, 0.2) is 53.3 Å². The van der Waals surface area contributed by atoms with E-state index in [4.69, 9.17) is 5.73 Å². The average Bonchev–Trinajstić information content (AvgIpc) is 3.01. The number of aromatic hydroxyl groups is 1. The lowest BCUT2D eigenvalue weighted by molar-refractivity contribution is 0.475. The Morgan fingerprint density at radius 3 is 2.71 bits per heavy atom. The van der Waals surface area contributed by atoms with Crippen molar-refractivity contribution in [2.45, 2.75) is 0 Å². The molecule has 0 aliphatic rings. The van der Waals surface area contributed by atoms with Gasteiger partial charge in [-0.3, -0.25) is 4.79 Å². The van der Waals surface area contributed by atoms with E-state index < -0.39 is 0 Å². The maximum absolute atomic E-state index is 12.7. The number of phenolic OH excluding ortho intramolecular Hbond substituents is 1. The lowest BCUT2D eigenvalue weighted by Gasteiger charge is -2.02. The number of rotatable bonds is 2. The summed E-state index contributed by atoms with van der Waals surface area (Å²) >= 11 is 1.22. The predicted molar refractivity (Wildman–Crippen MR) is 91.9 cm³/mol. The molecule has 0 spiro atoms. The summed E-state index contributed by atoms with van der Waals surface area (Å²) in [6, 6.07) is 13.6. The van der Waals surface area contributed by atoms with E-state index in [9.17, 15) is 9.90 Å². The number of phenols is 1. The Balaban J connectivity index is 1.92. The van der Waals surface area contributed by atoms with Crippen LogP contribution < -0.4 is 11.3 Å². The minimum Gasteiger partial charge on any atom is -0.508 e. The minimum atomic E-state index is -0.388. The van der Waals surface area contributed by atoms with E-state index in [1.54, 1.807) is 48.5 Å². The molecule has 0 aliphatic heterocycles. The first-order valence-electron chi connectivity index (χ1n) is 7.04. The van der Waals surface area contributed by atoms with Crippen molar-refractivity contribution >= 4 is 22.0 Å². The second-order valence-corrected chi connectivity index (χ2v) is 6.05. The quantitative estimate of drug-likeness (QED) is 0.543. The SMILES string of the molecule is Nc1ccccc1-c1nnc2sc(-c3cccc(O)c3)nn2c1=O. The summed E-state index contributed by atoms with van der Waals surface area (Å²) in [5, 5.41) is 22.6. The normalized spacial score (nSPS) is 11.0. The van der Waals surface area contributed by atoms with Crippen molar-refractivity contribution in [1.82, 2.24) is 19.8 Å². The maximum atomic E-state index is 12.7. The monoisotopic (exact) mass is 337 g/mol. The molecule has 0 aliphatic carbocycles. The van der Waals surface area contributed by atoms with E-state index in [1.165, 1.54) is 15.9 Å². The zero-order valence-electron chi connectivity index (χ0n) is 12.2. The summed E-state index contributed by atoms with van der Waals surface area (Å²) in [4.78, 5) is 13.1. The van der Waals surface area contributed by atoms with Gasteiger partial charge in [-0.15, -0.1) is 10.2 Å². The molecule has 2 aromatic carbocycles. The Labute approximate surface area is 139 Å². The third-order valence-corrected chi connectivity index (χ3v) is 4.45. The molecule has 0 unspecified atom stereocenters. The molecule has 0 amide bonds. The van der Waals surface area contributed by atoms with Crippen LogP contribution >= 0.6 is 11.3 Å². The second-order valence-electron chi connectivity index (χ2n) is 5.09. The number of aromatic nitrogens is 4. The zero-order chi connectivity index (χ0) is 16.7. The number of para-hydroxylation sites is 1. The lowest BCUT2D eigenvalue weighted by atomic mass is 10.1. The van der Waals surface area contributed by atoms with Gasteiger partial charge in [-0.1, -0.05) is 41.7 Å². The molecule has 7 nitrogen and oxygen atoms in total. The Kier molecular flexibility index (Phi) is 3.24. The number of benzene rings is 2. The smallest absolute Gasteiger partial charge is 0.302 e. The van der Waals surface area contributed by atoms with Gasteiger partial charge in [-0.05, 0) is 18.2 Å². The second kappa shape index (κ2) is 5.43. The molecule has 0 bridgehead atoms. The van der Waals surface area contributed by atoms with Gasteiger partial charge in [0.1, 0.15) is 10.8 Å². The third kappa shape index (κ3) is 2.29. The van der Waals surface area contributed by atoms with Gasteiger partial charge in [0.2, 0.25) is 4.96 Å². The molecule has 0 fully saturated rings. The van der Waals surface area contributed by atoms with Crippen molar-refractivity contribution < 1.29 is 5.11 Å². The Morgan fingerprint density at radius 2 is 1.92 bits per heavy atom. The fourth-order valence-corrected chi connectivity index (χ4v) is 3.18. The number of nitrogens with zero attached hydrogens (tertiary/aromatic N) is 4. The van der Waals surface area contributed by atoms with E-state index in [0.29, 0.717) is 26.8 Å². The number of anilines is 1. The van der Waals surface area contributed by atoms with Crippen LogP contribution in [0, 0.1) is 0 Å². The van der Waals surface area contributed by atoms with Gasteiger partial charge >= 0.3 is 5.56 Å². The summed E-state index contributed by atoms with van der Waals surface area (Å²) in [5.74, 6) is 0.128. The van der Waals surface area contributed by atoms with E-state index >= 15 is 0 Å². The molecule has 2 aromatic heterocycles. The summed E-state index contributed by atoms with van der Waals surface area (Å²) < 4.78 is 1.21. The Bertz CT molecular complexity index is 1120. The van der Waals surface area contributed by atoms with Crippen molar-refractivity contribution in [2.24, 2.45) is 0 Å². The van der Waals surface area contributed by atoms with E-state index in [2.05, 4.69) is 15.3 Å². The predicted octanol–water partition coefficient (Wildman–Crippen LogP) is 2.17.